The van der Waals surface area contributed by atoms with Gasteiger partial charge in [0.2, 0.25) is 0 Å². The van der Waals surface area contributed by atoms with Crippen LogP contribution in [0.4, 0.5) is 0 Å². The normalized spacial score (nSPS) is 10.6. The van der Waals surface area contributed by atoms with E-state index >= 15 is 0 Å². The number of rotatable bonds is 3. The molecule has 86 valence electrons. The first-order chi connectivity index (χ1) is 8.25. The van der Waals surface area contributed by atoms with E-state index in [2.05, 4.69) is 27.7 Å². The number of thiocarbonyl (C=S) groups is 1. The lowest BCUT2D eigenvalue weighted by molar-refractivity contribution is 1.04. The molecule has 1 heterocycles. The van der Waals surface area contributed by atoms with Crippen LogP contribution in [-0.4, -0.2) is 16.3 Å². The average molecular weight is 262 g/mol. The molecule has 2 aromatic rings. The summed E-state index contributed by atoms with van der Waals surface area (Å²) in [7, 11) is 0. The molecule has 0 aliphatic carbocycles. The van der Waals surface area contributed by atoms with Crippen molar-refractivity contribution in [1.29, 1.82) is 0 Å². The fourth-order valence-electron chi connectivity index (χ4n) is 1.22. The minimum absolute atomic E-state index is 0.139. The zero-order valence-corrected chi connectivity index (χ0v) is 10.5. The third-order valence-corrected chi connectivity index (χ3v) is 2.92. The van der Waals surface area contributed by atoms with Crippen LogP contribution >= 0.6 is 23.6 Å². The van der Waals surface area contributed by atoms with Gasteiger partial charge in [-0.25, -0.2) is 4.98 Å². The van der Waals surface area contributed by atoms with E-state index in [1.54, 1.807) is 17.6 Å². The van der Waals surface area contributed by atoms with Crippen LogP contribution in [0.5, 0.6) is 0 Å². The first-order valence-electron chi connectivity index (χ1n) is 4.85. The number of hydrogen-bond acceptors (Lipinski definition) is 4. The number of nitrogens with zero attached hydrogens (tertiary/aromatic N) is 2. The van der Waals surface area contributed by atoms with Crippen LogP contribution in [0.15, 0.2) is 40.8 Å². The molecule has 2 rings (SSSR count). The molecule has 0 unspecified atom stereocenters. The summed E-state index contributed by atoms with van der Waals surface area (Å²) in [4.78, 5) is 4.42. The van der Waals surface area contributed by atoms with Gasteiger partial charge in [0.1, 0.15) is 5.01 Å². The maximum Gasteiger partial charge on any atom is 0.184 e. The number of hydrogen-bond donors (Lipinski definition) is 2. The molecule has 17 heavy (non-hydrogen) atoms. The van der Waals surface area contributed by atoms with Gasteiger partial charge in [0.25, 0.3) is 0 Å². The van der Waals surface area contributed by atoms with Crippen LogP contribution in [0.25, 0.3) is 10.6 Å². The van der Waals surface area contributed by atoms with Gasteiger partial charge in [0, 0.05) is 10.9 Å². The molecule has 1 aromatic carbocycles. The molecule has 0 radical (unpaired) electrons. The minimum atomic E-state index is 0.139. The molecule has 4 nitrogen and oxygen atoms in total. The van der Waals surface area contributed by atoms with Crippen molar-refractivity contribution in [2.45, 2.75) is 0 Å². The van der Waals surface area contributed by atoms with Crippen molar-refractivity contribution in [2.75, 3.05) is 0 Å². The van der Waals surface area contributed by atoms with Crippen LogP contribution in [0.2, 0.25) is 0 Å². The van der Waals surface area contributed by atoms with E-state index < -0.39 is 0 Å². The number of aromatic nitrogens is 1. The van der Waals surface area contributed by atoms with Crippen molar-refractivity contribution >= 4 is 34.9 Å². The third kappa shape index (κ3) is 3.33. The van der Waals surface area contributed by atoms with Crippen LogP contribution < -0.4 is 11.2 Å². The SMILES string of the molecule is NC(=S)N/N=C/c1csc(-c2ccccc2)n1. The number of nitrogens with one attached hydrogen (secondary N) is 1. The number of benzene rings is 1. The third-order valence-electron chi connectivity index (χ3n) is 1.91. The van der Waals surface area contributed by atoms with E-state index in [9.17, 15) is 0 Å². The van der Waals surface area contributed by atoms with Gasteiger partial charge in [-0.05, 0) is 12.2 Å². The van der Waals surface area contributed by atoms with Gasteiger partial charge < -0.3 is 5.73 Å². The van der Waals surface area contributed by atoms with Gasteiger partial charge in [-0.1, -0.05) is 30.3 Å². The second-order valence-electron chi connectivity index (χ2n) is 3.18. The molecule has 6 heteroatoms. The summed E-state index contributed by atoms with van der Waals surface area (Å²) in [6, 6.07) is 9.99. The molecule has 3 N–H and O–H groups in total. The van der Waals surface area contributed by atoms with Crippen LogP contribution in [-0.2, 0) is 0 Å². The van der Waals surface area contributed by atoms with E-state index in [0.717, 1.165) is 16.3 Å². The largest absolute Gasteiger partial charge is 0.375 e. The molecule has 1 aromatic heterocycles. The van der Waals surface area contributed by atoms with Crippen LogP contribution in [0.1, 0.15) is 5.69 Å². The standard InChI is InChI=1S/C11H10N4S2/c12-11(16)15-13-6-9-7-17-10(14-9)8-4-2-1-3-5-8/h1-7H,(H3,12,15,16)/b13-6+. The van der Waals surface area contributed by atoms with E-state index in [-0.39, 0.29) is 5.11 Å². The number of hydrazone groups is 1. The molecule has 0 bridgehead atoms. The number of nitrogens with two attached hydrogens (primary N) is 1. The molecule has 0 fully saturated rings. The first-order valence-corrected chi connectivity index (χ1v) is 6.14. The quantitative estimate of drug-likeness (QED) is 0.504. The summed E-state index contributed by atoms with van der Waals surface area (Å²) in [6.45, 7) is 0. The lowest BCUT2D eigenvalue weighted by Gasteiger charge is -1.93. The molecule has 0 aliphatic heterocycles. The van der Waals surface area contributed by atoms with Gasteiger partial charge >= 0.3 is 0 Å². The fourth-order valence-corrected chi connectivity index (χ4v) is 2.05. The van der Waals surface area contributed by atoms with E-state index in [1.807, 2.05) is 35.7 Å². The highest BCUT2D eigenvalue weighted by Gasteiger charge is 2.01. The molecule has 0 spiro atoms. The zero-order valence-electron chi connectivity index (χ0n) is 8.83. The maximum absolute atomic E-state index is 5.24. The van der Waals surface area contributed by atoms with Gasteiger partial charge in [-0.2, -0.15) is 5.10 Å². The molecule has 0 amide bonds. The Kier molecular flexibility index (Phi) is 3.79. The second kappa shape index (κ2) is 5.51. The van der Waals surface area contributed by atoms with Gasteiger partial charge in [0.05, 0.1) is 11.9 Å². The van der Waals surface area contributed by atoms with Crippen LogP contribution in [0.3, 0.4) is 0 Å². The number of thiazole rings is 1. The Morgan fingerprint density at radius 3 is 2.88 bits per heavy atom. The second-order valence-corrected chi connectivity index (χ2v) is 4.48. The Balaban J connectivity index is 2.11. The predicted octanol–water partition coefficient (Wildman–Crippen LogP) is 1.98. The van der Waals surface area contributed by atoms with Crippen molar-refractivity contribution in [2.24, 2.45) is 10.8 Å². The zero-order chi connectivity index (χ0) is 12.1. The summed E-state index contributed by atoms with van der Waals surface area (Å²) in [5, 5.41) is 6.87. The Hall–Kier alpha value is -1.79. The summed E-state index contributed by atoms with van der Waals surface area (Å²) >= 11 is 6.20. The van der Waals surface area contributed by atoms with E-state index in [4.69, 9.17) is 5.73 Å². The molecule has 0 aliphatic rings. The topological polar surface area (TPSA) is 63.3 Å². The summed E-state index contributed by atoms with van der Waals surface area (Å²) < 4.78 is 0. The highest BCUT2D eigenvalue weighted by molar-refractivity contribution is 7.80. The summed E-state index contributed by atoms with van der Waals surface area (Å²) in [5.74, 6) is 0. The average Bonchev–Trinajstić information content (AvgIpc) is 2.78. The van der Waals surface area contributed by atoms with Crippen molar-refractivity contribution in [3.8, 4) is 10.6 Å². The highest BCUT2D eigenvalue weighted by Crippen LogP contribution is 2.22. The Bertz CT molecular complexity index is 533. The minimum Gasteiger partial charge on any atom is -0.375 e. The van der Waals surface area contributed by atoms with E-state index in [1.165, 1.54) is 0 Å². The van der Waals surface area contributed by atoms with Crippen LogP contribution in [0, 0.1) is 0 Å². The molecule has 0 saturated heterocycles. The van der Waals surface area contributed by atoms with Gasteiger partial charge in [-0.15, -0.1) is 11.3 Å². The van der Waals surface area contributed by atoms with Crippen molar-refractivity contribution in [3.05, 3.63) is 41.4 Å². The maximum atomic E-state index is 5.24. The first kappa shape index (κ1) is 11.7. The molecule has 0 saturated carbocycles. The monoisotopic (exact) mass is 262 g/mol. The van der Waals surface area contributed by atoms with Gasteiger partial charge in [-0.3, -0.25) is 5.43 Å². The molecule has 0 atom stereocenters. The lowest BCUT2D eigenvalue weighted by Crippen LogP contribution is -2.24. The van der Waals surface area contributed by atoms with Gasteiger partial charge in [0.15, 0.2) is 5.11 Å². The van der Waals surface area contributed by atoms with Crippen molar-refractivity contribution in [1.82, 2.24) is 10.4 Å². The lowest BCUT2D eigenvalue weighted by atomic mass is 10.2. The molecular formula is C11H10N4S2. The highest BCUT2D eigenvalue weighted by atomic mass is 32.1. The summed E-state index contributed by atoms with van der Waals surface area (Å²) in [6.07, 6.45) is 1.59. The Morgan fingerprint density at radius 2 is 2.18 bits per heavy atom. The molecular weight excluding hydrogens is 252 g/mol. The van der Waals surface area contributed by atoms with E-state index in [0.29, 0.717) is 0 Å². The predicted molar refractivity (Wildman–Crippen MR) is 75.1 cm³/mol. The smallest absolute Gasteiger partial charge is 0.184 e. The fraction of sp³-hybridized carbons (Fsp3) is 0. The van der Waals surface area contributed by atoms with Crippen molar-refractivity contribution < 1.29 is 0 Å². The Morgan fingerprint density at radius 1 is 1.41 bits per heavy atom. The Labute approximate surface area is 108 Å². The van der Waals surface area contributed by atoms with Crippen molar-refractivity contribution in [3.63, 3.8) is 0 Å². The summed E-state index contributed by atoms with van der Waals surface area (Å²) in [5.41, 5.74) is 9.60.